The topological polar surface area (TPSA) is 97.4 Å². The summed E-state index contributed by atoms with van der Waals surface area (Å²) in [4.78, 5) is 35.8. The fourth-order valence-electron chi connectivity index (χ4n) is 4.24. The molecule has 0 aliphatic heterocycles. The van der Waals surface area contributed by atoms with E-state index < -0.39 is 17.9 Å². The zero-order valence-electron chi connectivity index (χ0n) is 22.3. The van der Waals surface area contributed by atoms with Crippen molar-refractivity contribution >= 4 is 17.9 Å². The molecule has 3 aromatic rings. The Morgan fingerprint density at radius 1 is 0.500 bits per heavy atom. The highest BCUT2D eigenvalue weighted by atomic mass is 16.5. The second kappa shape index (κ2) is 13.5. The molecule has 0 spiro atoms. The second-order valence-corrected chi connectivity index (χ2v) is 8.72. The van der Waals surface area contributed by atoms with E-state index in [4.69, 9.17) is 23.7 Å². The summed E-state index contributed by atoms with van der Waals surface area (Å²) >= 11 is 0. The summed E-state index contributed by atoms with van der Waals surface area (Å²) in [6, 6.07) is 16.7. The molecule has 0 bridgehead atoms. The van der Waals surface area contributed by atoms with Crippen molar-refractivity contribution in [3.05, 3.63) is 88.0 Å². The Hall–Kier alpha value is -4.01. The minimum Gasteiger partial charge on any atom is -0.426 e. The SMILES string of the molecule is COCc1cccc(Cc2cccc(Cc3cccc(COC)c3OC(C)=O)c2OC(C)=O)c1OC(C)=O. The normalized spacial score (nSPS) is 10.7. The van der Waals surface area contributed by atoms with E-state index in [-0.39, 0.29) is 13.2 Å². The van der Waals surface area contributed by atoms with E-state index in [0.29, 0.717) is 30.1 Å². The zero-order chi connectivity index (χ0) is 27.7. The molecule has 0 heterocycles. The number of hydrogen-bond donors (Lipinski definition) is 0. The van der Waals surface area contributed by atoms with E-state index in [1.54, 1.807) is 14.2 Å². The molecule has 200 valence electrons. The minimum atomic E-state index is -0.472. The predicted molar refractivity (Wildman–Crippen MR) is 140 cm³/mol. The number of benzene rings is 3. The molecule has 8 heteroatoms. The first kappa shape index (κ1) is 28.6. The van der Waals surface area contributed by atoms with Gasteiger partial charge in [0.05, 0.1) is 13.2 Å². The van der Waals surface area contributed by atoms with E-state index in [1.807, 2.05) is 54.6 Å². The van der Waals surface area contributed by atoms with Crippen LogP contribution in [0.2, 0.25) is 0 Å². The largest absolute Gasteiger partial charge is 0.426 e. The van der Waals surface area contributed by atoms with Crippen molar-refractivity contribution in [2.45, 2.75) is 46.8 Å². The van der Waals surface area contributed by atoms with Crippen molar-refractivity contribution in [3.63, 3.8) is 0 Å². The average molecular weight is 521 g/mol. The average Bonchev–Trinajstić information content (AvgIpc) is 2.84. The molecule has 0 atom stereocenters. The fourth-order valence-corrected chi connectivity index (χ4v) is 4.24. The van der Waals surface area contributed by atoms with Gasteiger partial charge in [-0.1, -0.05) is 54.6 Å². The van der Waals surface area contributed by atoms with E-state index in [2.05, 4.69) is 0 Å². The maximum atomic E-state index is 12.1. The molecule has 0 aromatic heterocycles. The molecule has 0 amide bonds. The van der Waals surface area contributed by atoms with Gasteiger partial charge in [0.15, 0.2) is 0 Å². The van der Waals surface area contributed by atoms with E-state index in [9.17, 15) is 14.4 Å². The molecule has 0 N–H and O–H groups in total. The van der Waals surface area contributed by atoms with E-state index >= 15 is 0 Å². The lowest BCUT2D eigenvalue weighted by Crippen LogP contribution is -2.11. The lowest BCUT2D eigenvalue weighted by molar-refractivity contribution is -0.133. The van der Waals surface area contributed by atoms with Crippen LogP contribution in [0.5, 0.6) is 17.2 Å². The Morgan fingerprint density at radius 2 is 0.763 bits per heavy atom. The van der Waals surface area contributed by atoms with Gasteiger partial charge in [0.1, 0.15) is 17.2 Å². The van der Waals surface area contributed by atoms with Crippen LogP contribution in [0.25, 0.3) is 0 Å². The summed E-state index contributed by atoms with van der Waals surface area (Å²) in [5.74, 6) is -0.122. The Balaban J connectivity index is 2.09. The molecule has 3 rings (SSSR count). The summed E-state index contributed by atoms with van der Waals surface area (Å²) in [5.41, 5.74) is 4.38. The van der Waals surface area contributed by atoms with Crippen LogP contribution in [0.1, 0.15) is 54.2 Å². The Labute approximate surface area is 222 Å². The van der Waals surface area contributed by atoms with Crippen molar-refractivity contribution in [3.8, 4) is 17.2 Å². The van der Waals surface area contributed by atoms with Crippen LogP contribution in [0.15, 0.2) is 54.6 Å². The van der Waals surface area contributed by atoms with Gasteiger partial charge in [0, 0.05) is 59.0 Å². The molecule has 8 nitrogen and oxygen atoms in total. The highest BCUT2D eigenvalue weighted by Crippen LogP contribution is 2.35. The highest BCUT2D eigenvalue weighted by molar-refractivity contribution is 5.73. The van der Waals surface area contributed by atoms with Crippen LogP contribution in [0.4, 0.5) is 0 Å². The molecule has 0 fully saturated rings. The van der Waals surface area contributed by atoms with Crippen LogP contribution in [-0.2, 0) is 49.9 Å². The first-order valence-electron chi connectivity index (χ1n) is 12.1. The monoisotopic (exact) mass is 520 g/mol. The number of carbonyl (C=O) groups is 3. The van der Waals surface area contributed by atoms with Gasteiger partial charge in [-0.05, 0) is 22.3 Å². The molecular formula is C30H32O8. The van der Waals surface area contributed by atoms with Crippen LogP contribution < -0.4 is 14.2 Å². The van der Waals surface area contributed by atoms with E-state index in [0.717, 1.165) is 33.4 Å². The second-order valence-electron chi connectivity index (χ2n) is 8.72. The maximum absolute atomic E-state index is 12.1. The van der Waals surface area contributed by atoms with Gasteiger partial charge in [0.2, 0.25) is 0 Å². The predicted octanol–water partition coefficient (Wildman–Crippen LogP) is 4.94. The van der Waals surface area contributed by atoms with Crippen molar-refractivity contribution in [2.75, 3.05) is 14.2 Å². The van der Waals surface area contributed by atoms with Gasteiger partial charge < -0.3 is 23.7 Å². The van der Waals surface area contributed by atoms with Crippen LogP contribution in [-0.4, -0.2) is 32.1 Å². The van der Waals surface area contributed by atoms with Gasteiger partial charge in [-0.3, -0.25) is 14.4 Å². The van der Waals surface area contributed by atoms with Crippen LogP contribution >= 0.6 is 0 Å². The third kappa shape index (κ3) is 7.50. The van der Waals surface area contributed by atoms with Gasteiger partial charge in [-0.15, -0.1) is 0 Å². The van der Waals surface area contributed by atoms with Gasteiger partial charge in [-0.2, -0.15) is 0 Å². The summed E-state index contributed by atoms with van der Waals surface area (Å²) in [5, 5.41) is 0. The summed E-state index contributed by atoms with van der Waals surface area (Å²) in [7, 11) is 3.14. The quantitative estimate of drug-likeness (QED) is 0.259. The third-order valence-electron chi connectivity index (χ3n) is 5.63. The Kier molecular flexibility index (Phi) is 10.2. The smallest absolute Gasteiger partial charge is 0.308 e. The summed E-state index contributed by atoms with van der Waals surface area (Å²) < 4.78 is 27.4. The molecule has 0 unspecified atom stereocenters. The Bertz CT molecular complexity index is 1220. The maximum Gasteiger partial charge on any atom is 0.308 e. The number of carbonyl (C=O) groups excluding carboxylic acids is 3. The van der Waals surface area contributed by atoms with Crippen molar-refractivity contribution in [1.29, 1.82) is 0 Å². The zero-order valence-corrected chi connectivity index (χ0v) is 22.3. The first-order valence-corrected chi connectivity index (χ1v) is 12.1. The summed E-state index contributed by atoms with van der Waals surface area (Å²) in [6.45, 7) is 4.56. The van der Waals surface area contributed by atoms with Crippen LogP contribution in [0.3, 0.4) is 0 Å². The number of ether oxygens (including phenoxy) is 5. The summed E-state index contributed by atoms with van der Waals surface area (Å²) in [6.07, 6.45) is 0.661. The molecule has 0 aliphatic carbocycles. The lowest BCUT2D eigenvalue weighted by atomic mass is 9.95. The van der Waals surface area contributed by atoms with Crippen molar-refractivity contribution in [2.24, 2.45) is 0 Å². The number of para-hydroxylation sites is 3. The van der Waals surface area contributed by atoms with Gasteiger partial charge >= 0.3 is 17.9 Å². The molecule has 0 aliphatic rings. The van der Waals surface area contributed by atoms with Crippen molar-refractivity contribution < 1.29 is 38.1 Å². The molecule has 0 radical (unpaired) electrons. The molecule has 38 heavy (non-hydrogen) atoms. The van der Waals surface area contributed by atoms with Crippen molar-refractivity contribution in [1.82, 2.24) is 0 Å². The Morgan fingerprint density at radius 3 is 1.03 bits per heavy atom. The molecular weight excluding hydrogens is 488 g/mol. The van der Waals surface area contributed by atoms with Gasteiger partial charge in [0.25, 0.3) is 0 Å². The number of esters is 3. The standard InChI is InChI=1S/C30H32O8/c1-19(31)36-28-22(15-24-11-7-13-26(17-34-4)29(24)37-20(2)32)9-6-10-23(28)16-25-12-8-14-27(18-35-5)30(25)38-21(3)33/h6-14H,15-18H2,1-5H3. The fraction of sp³-hybridized carbons (Fsp3) is 0.300. The van der Waals surface area contributed by atoms with Crippen LogP contribution in [0, 0.1) is 0 Å². The van der Waals surface area contributed by atoms with E-state index in [1.165, 1.54) is 20.8 Å². The number of methoxy groups -OCH3 is 2. The molecule has 0 saturated heterocycles. The number of hydrogen-bond acceptors (Lipinski definition) is 8. The number of rotatable bonds is 11. The molecule has 3 aromatic carbocycles. The minimum absolute atomic E-state index is 0.268. The lowest BCUT2D eigenvalue weighted by Gasteiger charge is -2.18. The highest BCUT2D eigenvalue weighted by Gasteiger charge is 2.20. The third-order valence-corrected chi connectivity index (χ3v) is 5.63. The van der Waals surface area contributed by atoms with Gasteiger partial charge in [-0.25, -0.2) is 0 Å². The molecule has 0 saturated carbocycles. The first-order chi connectivity index (χ1) is 18.2.